The number of piperidine rings is 1. The first-order valence-corrected chi connectivity index (χ1v) is 7.17. The van der Waals surface area contributed by atoms with Crippen LogP contribution < -0.4 is 5.32 Å². The molecular formula is C16H18FNO3. The first-order valence-electron chi connectivity index (χ1n) is 7.17. The number of nitrogens with one attached hydrogen (secondary N) is 1. The van der Waals surface area contributed by atoms with Crippen LogP contribution in [-0.4, -0.2) is 23.3 Å². The van der Waals surface area contributed by atoms with Gasteiger partial charge in [0, 0.05) is 18.4 Å². The Kier molecular flexibility index (Phi) is 4.21. The van der Waals surface area contributed by atoms with Crippen LogP contribution in [-0.2, 0) is 16.0 Å². The van der Waals surface area contributed by atoms with E-state index in [-0.39, 0.29) is 25.0 Å². The maximum absolute atomic E-state index is 14.9. The van der Waals surface area contributed by atoms with Crippen molar-refractivity contribution < 1.29 is 18.8 Å². The lowest BCUT2D eigenvalue weighted by Crippen LogP contribution is -2.56. The molecule has 2 amide bonds. The van der Waals surface area contributed by atoms with Gasteiger partial charge in [0.2, 0.25) is 5.91 Å². The van der Waals surface area contributed by atoms with Gasteiger partial charge in [-0.15, -0.1) is 0 Å². The van der Waals surface area contributed by atoms with Crippen molar-refractivity contribution in [3.8, 4) is 0 Å². The number of hydrogen-bond acceptors (Lipinski definition) is 3. The molecule has 1 heterocycles. The Morgan fingerprint density at radius 1 is 1.19 bits per heavy atom. The van der Waals surface area contributed by atoms with Gasteiger partial charge in [-0.05, 0) is 12.0 Å². The predicted octanol–water partition coefficient (Wildman–Crippen LogP) is 2.21. The Morgan fingerprint density at radius 2 is 1.86 bits per heavy atom. The van der Waals surface area contributed by atoms with Gasteiger partial charge in [0.1, 0.15) is 0 Å². The second-order valence-electron chi connectivity index (χ2n) is 5.02. The lowest BCUT2D eigenvalue weighted by molar-refractivity contribution is -0.146. The summed E-state index contributed by atoms with van der Waals surface area (Å²) in [5, 5.41) is 1.99. The average molecular weight is 291 g/mol. The number of amides is 2. The number of halogens is 1. The maximum atomic E-state index is 14.9. The number of fused-ring (bicyclic) bond motifs is 1. The number of carbonyl (C=O) groups is 3. The molecule has 5 heteroatoms. The molecule has 2 unspecified atom stereocenters. The van der Waals surface area contributed by atoms with E-state index in [0.717, 1.165) is 5.56 Å². The van der Waals surface area contributed by atoms with Gasteiger partial charge in [0.25, 0.3) is 5.91 Å². The molecule has 0 spiro atoms. The number of rotatable bonds is 1. The average Bonchev–Trinajstić information content (AvgIpc) is 2.84. The van der Waals surface area contributed by atoms with Crippen molar-refractivity contribution in [2.24, 2.45) is 5.92 Å². The highest BCUT2D eigenvalue weighted by molar-refractivity contribution is 6.09. The largest absolute Gasteiger partial charge is 0.294 e. The molecule has 2 aliphatic rings. The van der Waals surface area contributed by atoms with Crippen molar-refractivity contribution in [3.63, 3.8) is 0 Å². The van der Waals surface area contributed by atoms with Crippen molar-refractivity contribution >= 4 is 17.6 Å². The molecule has 1 aliphatic heterocycles. The fourth-order valence-electron chi connectivity index (χ4n) is 2.84. The summed E-state index contributed by atoms with van der Waals surface area (Å²) in [6, 6.07) is 6.91. The fourth-order valence-corrected chi connectivity index (χ4v) is 2.84. The molecule has 2 atom stereocenters. The van der Waals surface area contributed by atoms with Gasteiger partial charge in [-0.1, -0.05) is 38.1 Å². The zero-order valence-corrected chi connectivity index (χ0v) is 12.1. The van der Waals surface area contributed by atoms with Crippen LogP contribution in [0.5, 0.6) is 0 Å². The lowest BCUT2D eigenvalue weighted by Gasteiger charge is -2.31. The third-order valence-electron chi connectivity index (χ3n) is 3.92. The van der Waals surface area contributed by atoms with E-state index >= 15 is 0 Å². The molecule has 21 heavy (non-hydrogen) atoms. The molecule has 1 fully saturated rings. The smallest absolute Gasteiger partial charge is 0.265 e. The quantitative estimate of drug-likeness (QED) is 0.807. The lowest BCUT2D eigenvalue weighted by atomic mass is 9.80. The summed E-state index contributed by atoms with van der Waals surface area (Å²) in [7, 11) is 0. The van der Waals surface area contributed by atoms with E-state index in [1.54, 1.807) is 24.3 Å². The van der Waals surface area contributed by atoms with E-state index in [4.69, 9.17) is 0 Å². The van der Waals surface area contributed by atoms with Crippen LogP contribution in [0.3, 0.4) is 0 Å². The second-order valence-corrected chi connectivity index (χ2v) is 5.02. The molecule has 3 rings (SSSR count). The highest BCUT2D eigenvalue weighted by Crippen LogP contribution is 2.40. The molecule has 0 saturated carbocycles. The van der Waals surface area contributed by atoms with Crippen LogP contribution in [0.2, 0.25) is 0 Å². The van der Waals surface area contributed by atoms with E-state index in [1.165, 1.54) is 0 Å². The van der Waals surface area contributed by atoms with Gasteiger partial charge in [0.05, 0.1) is 5.92 Å². The molecule has 4 nitrogen and oxygen atoms in total. The SMILES string of the molecule is CC.O=C1CCC(F)(C2Cc3ccccc3C2=O)C(=O)N1. The van der Waals surface area contributed by atoms with E-state index in [9.17, 15) is 18.8 Å². The van der Waals surface area contributed by atoms with Crippen molar-refractivity contribution in [1.29, 1.82) is 0 Å². The number of hydrogen-bond donors (Lipinski definition) is 1. The standard InChI is InChI=1S/C14H12FNO3.C2H6/c15-14(6-5-11(17)16-13(14)19)10-7-8-3-1-2-4-9(8)12(10)18;1-2/h1-4,10H,5-7H2,(H,16,17,19);1-2H3. The number of imide groups is 1. The van der Waals surface area contributed by atoms with Crippen molar-refractivity contribution in [1.82, 2.24) is 5.32 Å². The van der Waals surface area contributed by atoms with Gasteiger partial charge >= 0.3 is 0 Å². The van der Waals surface area contributed by atoms with Crippen LogP contribution in [0.15, 0.2) is 24.3 Å². The molecule has 1 aliphatic carbocycles. The minimum absolute atomic E-state index is 0.0671. The number of alkyl halides is 1. The van der Waals surface area contributed by atoms with E-state index in [0.29, 0.717) is 5.56 Å². The third kappa shape index (κ3) is 2.48. The number of benzene rings is 1. The molecule has 0 bridgehead atoms. The summed E-state index contributed by atoms with van der Waals surface area (Å²) in [6.45, 7) is 4.00. The third-order valence-corrected chi connectivity index (χ3v) is 3.92. The monoisotopic (exact) mass is 291 g/mol. The van der Waals surface area contributed by atoms with Gasteiger partial charge < -0.3 is 0 Å². The highest BCUT2D eigenvalue weighted by atomic mass is 19.1. The molecule has 112 valence electrons. The topological polar surface area (TPSA) is 63.2 Å². The maximum Gasteiger partial charge on any atom is 0.265 e. The van der Waals surface area contributed by atoms with Crippen molar-refractivity contribution in [2.75, 3.05) is 0 Å². The predicted molar refractivity (Wildman–Crippen MR) is 75.5 cm³/mol. The summed E-state index contributed by atoms with van der Waals surface area (Å²) in [5.74, 6) is -2.82. The highest BCUT2D eigenvalue weighted by Gasteiger charge is 2.54. The summed E-state index contributed by atoms with van der Waals surface area (Å²) in [4.78, 5) is 35.1. The molecule has 1 aromatic rings. The minimum atomic E-state index is -2.27. The Bertz CT molecular complexity index is 599. The Hall–Kier alpha value is -2.04. The molecule has 0 radical (unpaired) electrons. The van der Waals surface area contributed by atoms with Crippen molar-refractivity contribution in [3.05, 3.63) is 35.4 Å². The van der Waals surface area contributed by atoms with Gasteiger partial charge in [-0.25, -0.2) is 4.39 Å². The van der Waals surface area contributed by atoms with Gasteiger partial charge in [-0.3, -0.25) is 19.7 Å². The Morgan fingerprint density at radius 3 is 2.48 bits per heavy atom. The van der Waals surface area contributed by atoms with Crippen LogP contribution in [0.4, 0.5) is 4.39 Å². The zero-order valence-electron chi connectivity index (χ0n) is 12.1. The minimum Gasteiger partial charge on any atom is -0.294 e. The van der Waals surface area contributed by atoms with Crippen LogP contribution >= 0.6 is 0 Å². The zero-order chi connectivity index (χ0) is 15.6. The molecule has 1 aromatic carbocycles. The number of Topliss-reactive ketones (excluding diaryl/α,β-unsaturated/α-hetero) is 1. The summed E-state index contributed by atoms with van der Waals surface area (Å²) >= 11 is 0. The summed E-state index contributed by atoms with van der Waals surface area (Å²) in [6.07, 6.45) is -0.0719. The van der Waals surface area contributed by atoms with E-state index in [1.807, 2.05) is 19.2 Å². The molecule has 1 saturated heterocycles. The molecular weight excluding hydrogens is 273 g/mol. The fraction of sp³-hybridized carbons (Fsp3) is 0.438. The van der Waals surface area contributed by atoms with E-state index < -0.39 is 23.4 Å². The number of carbonyl (C=O) groups excluding carboxylic acids is 3. The molecule has 1 N–H and O–H groups in total. The van der Waals surface area contributed by atoms with Gasteiger partial charge in [0.15, 0.2) is 11.5 Å². The van der Waals surface area contributed by atoms with Crippen LogP contribution in [0, 0.1) is 5.92 Å². The Labute approximate surface area is 122 Å². The summed E-state index contributed by atoms with van der Waals surface area (Å²) in [5.41, 5.74) is -1.03. The second kappa shape index (κ2) is 5.76. The normalized spacial score (nSPS) is 27.6. The van der Waals surface area contributed by atoms with Crippen LogP contribution in [0.25, 0.3) is 0 Å². The first kappa shape index (κ1) is 15.4. The first-order chi connectivity index (χ1) is 10.0. The Balaban J connectivity index is 0.000000774. The number of ketones is 1. The van der Waals surface area contributed by atoms with E-state index in [2.05, 4.69) is 0 Å². The summed E-state index contributed by atoms with van der Waals surface area (Å²) < 4.78 is 14.9. The molecule has 0 aromatic heterocycles. The van der Waals surface area contributed by atoms with Crippen LogP contribution in [0.1, 0.15) is 42.6 Å². The van der Waals surface area contributed by atoms with Crippen molar-refractivity contribution in [2.45, 2.75) is 38.8 Å². The van der Waals surface area contributed by atoms with Gasteiger partial charge in [-0.2, -0.15) is 0 Å².